The first-order valence-corrected chi connectivity index (χ1v) is 3.16. The van der Waals surface area contributed by atoms with Crippen LogP contribution in [0, 0.1) is 0 Å². The van der Waals surface area contributed by atoms with Crippen LogP contribution in [0.1, 0.15) is 13.8 Å². The second kappa shape index (κ2) is 3.78. The monoisotopic (exact) mass is 133 g/mol. The van der Waals surface area contributed by atoms with Gasteiger partial charge < -0.3 is 5.32 Å². The average molecular weight is 133 g/mol. The predicted octanol–water partition coefficient (Wildman–Crippen LogP) is 0.441. The molecule has 0 saturated heterocycles. The van der Waals surface area contributed by atoms with Gasteiger partial charge in [-0.3, -0.25) is 4.79 Å². The lowest BCUT2D eigenvalue weighted by molar-refractivity contribution is -0.120. The van der Waals surface area contributed by atoms with Crippen molar-refractivity contribution in [3.05, 3.63) is 0 Å². The third-order valence-corrected chi connectivity index (χ3v) is 0.965. The summed E-state index contributed by atoms with van der Waals surface area (Å²) in [4.78, 5) is 10.6. The standard InChI is InChI=1S/C5H11NOS/c1-3-6-5(7)4(2)8/h4,8H,3H2,1-2H3,(H,6,7). The van der Waals surface area contributed by atoms with E-state index in [-0.39, 0.29) is 11.2 Å². The minimum absolute atomic E-state index is 0.00386. The van der Waals surface area contributed by atoms with Gasteiger partial charge in [-0.1, -0.05) is 0 Å². The van der Waals surface area contributed by atoms with Gasteiger partial charge in [-0.05, 0) is 13.8 Å². The molecule has 2 nitrogen and oxygen atoms in total. The zero-order valence-corrected chi connectivity index (χ0v) is 6.03. The molecule has 0 spiro atoms. The fourth-order valence-electron chi connectivity index (χ4n) is 0.322. The lowest BCUT2D eigenvalue weighted by Gasteiger charge is -2.01. The van der Waals surface area contributed by atoms with Crippen LogP contribution in [0.25, 0.3) is 0 Å². The molecule has 1 N–H and O–H groups in total. The number of carbonyl (C=O) groups excluding carboxylic acids is 1. The molecule has 0 aromatic rings. The zero-order chi connectivity index (χ0) is 6.57. The van der Waals surface area contributed by atoms with Crippen molar-refractivity contribution in [3.8, 4) is 0 Å². The van der Waals surface area contributed by atoms with Crippen molar-refractivity contribution in [3.63, 3.8) is 0 Å². The summed E-state index contributed by atoms with van der Waals surface area (Å²) < 4.78 is 0. The summed E-state index contributed by atoms with van der Waals surface area (Å²) in [6, 6.07) is 0. The van der Waals surface area contributed by atoms with Crippen molar-refractivity contribution >= 4 is 18.5 Å². The molecule has 0 heterocycles. The minimum atomic E-state index is -0.185. The van der Waals surface area contributed by atoms with Gasteiger partial charge in [-0.15, -0.1) is 0 Å². The van der Waals surface area contributed by atoms with Crippen LogP contribution in [0.4, 0.5) is 0 Å². The summed E-state index contributed by atoms with van der Waals surface area (Å²) in [6.07, 6.45) is 0. The van der Waals surface area contributed by atoms with Crippen LogP contribution in [-0.4, -0.2) is 17.7 Å². The van der Waals surface area contributed by atoms with E-state index < -0.39 is 0 Å². The Morgan fingerprint density at radius 1 is 1.88 bits per heavy atom. The van der Waals surface area contributed by atoms with E-state index in [0.29, 0.717) is 6.54 Å². The summed E-state index contributed by atoms with van der Waals surface area (Å²) >= 11 is 3.91. The highest BCUT2D eigenvalue weighted by Gasteiger charge is 2.03. The second-order valence-corrected chi connectivity index (χ2v) is 2.35. The van der Waals surface area contributed by atoms with Crippen molar-refractivity contribution in [2.75, 3.05) is 6.54 Å². The smallest absolute Gasteiger partial charge is 0.232 e. The molecular weight excluding hydrogens is 122 g/mol. The largest absolute Gasteiger partial charge is 0.355 e. The molecule has 0 aliphatic carbocycles. The average Bonchev–Trinajstić information content (AvgIpc) is 1.67. The third-order valence-electron chi connectivity index (χ3n) is 0.730. The molecule has 0 saturated carbocycles. The van der Waals surface area contributed by atoms with E-state index >= 15 is 0 Å². The van der Waals surface area contributed by atoms with Crippen molar-refractivity contribution in [2.24, 2.45) is 0 Å². The Hall–Kier alpha value is -0.180. The summed E-state index contributed by atoms with van der Waals surface area (Å²) in [5, 5.41) is 2.44. The molecule has 0 aliphatic heterocycles. The maximum absolute atomic E-state index is 10.6. The number of thiol groups is 1. The van der Waals surface area contributed by atoms with E-state index in [4.69, 9.17) is 0 Å². The van der Waals surface area contributed by atoms with Crippen LogP contribution >= 0.6 is 12.6 Å². The molecule has 48 valence electrons. The molecule has 0 fully saturated rings. The minimum Gasteiger partial charge on any atom is -0.355 e. The molecule has 0 bridgehead atoms. The number of hydrogen-bond acceptors (Lipinski definition) is 2. The van der Waals surface area contributed by atoms with E-state index in [0.717, 1.165) is 0 Å². The Kier molecular flexibility index (Phi) is 3.69. The van der Waals surface area contributed by atoms with E-state index in [1.165, 1.54) is 0 Å². The quantitative estimate of drug-likeness (QED) is 0.526. The van der Waals surface area contributed by atoms with Gasteiger partial charge in [0.05, 0.1) is 5.25 Å². The first kappa shape index (κ1) is 7.82. The summed E-state index contributed by atoms with van der Waals surface area (Å²) in [5.74, 6) is -0.00386. The molecule has 0 aromatic carbocycles. The Morgan fingerprint density at radius 3 is 2.50 bits per heavy atom. The Labute approximate surface area is 55.1 Å². The molecule has 3 heteroatoms. The van der Waals surface area contributed by atoms with Crippen LogP contribution in [0.2, 0.25) is 0 Å². The zero-order valence-electron chi connectivity index (χ0n) is 5.14. The van der Waals surface area contributed by atoms with Crippen molar-refractivity contribution in [2.45, 2.75) is 19.1 Å². The number of hydrogen-bond donors (Lipinski definition) is 2. The molecule has 1 atom stereocenters. The molecular formula is C5H11NOS. The lowest BCUT2D eigenvalue weighted by atomic mass is 10.4. The number of nitrogens with one attached hydrogen (secondary N) is 1. The van der Waals surface area contributed by atoms with Gasteiger partial charge in [0, 0.05) is 6.54 Å². The number of carbonyl (C=O) groups is 1. The second-order valence-electron chi connectivity index (χ2n) is 1.57. The molecule has 1 amide bonds. The molecule has 1 unspecified atom stereocenters. The highest BCUT2D eigenvalue weighted by atomic mass is 32.1. The van der Waals surface area contributed by atoms with Gasteiger partial charge in [0.2, 0.25) is 5.91 Å². The lowest BCUT2D eigenvalue weighted by Crippen LogP contribution is -2.29. The van der Waals surface area contributed by atoms with Gasteiger partial charge in [-0.2, -0.15) is 12.6 Å². The van der Waals surface area contributed by atoms with Crippen LogP contribution in [0.3, 0.4) is 0 Å². The topological polar surface area (TPSA) is 29.1 Å². The molecule has 0 aromatic heterocycles. The van der Waals surface area contributed by atoms with Crippen molar-refractivity contribution in [1.82, 2.24) is 5.32 Å². The maximum Gasteiger partial charge on any atom is 0.232 e. The first-order valence-electron chi connectivity index (χ1n) is 2.64. The molecule has 0 radical (unpaired) electrons. The molecule has 8 heavy (non-hydrogen) atoms. The summed E-state index contributed by atoms with van der Waals surface area (Å²) in [6.45, 7) is 4.31. The number of amides is 1. The molecule has 0 aliphatic rings. The summed E-state index contributed by atoms with van der Waals surface area (Å²) in [5.41, 5.74) is 0. The van der Waals surface area contributed by atoms with Crippen LogP contribution < -0.4 is 5.32 Å². The highest BCUT2D eigenvalue weighted by Crippen LogP contribution is 1.89. The van der Waals surface area contributed by atoms with Gasteiger partial charge in [0.15, 0.2) is 0 Å². The number of rotatable bonds is 2. The predicted molar refractivity (Wildman–Crippen MR) is 37.1 cm³/mol. The van der Waals surface area contributed by atoms with Crippen LogP contribution in [0.15, 0.2) is 0 Å². The Balaban J connectivity index is 3.33. The van der Waals surface area contributed by atoms with Crippen LogP contribution in [0.5, 0.6) is 0 Å². The SMILES string of the molecule is CCNC(=O)C(C)S. The highest BCUT2D eigenvalue weighted by molar-refractivity contribution is 7.81. The summed E-state index contributed by atoms with van der Waals surface area (Å²) in [7, 11) is 0. The van der Waals surface area contributed by atoms with Gasteiger partial charge in [0.1, 0.15) is 0 Å². The normalized spacial score (nSPS) is 12.9. The van der Waals surface area contributed by atoms with E-state index in [2.05, 4.69) is 17.9 Å². The first-order chi connectivity index (χ1) is 3.68. The van der Waals surface area contributed by atoms with E-state index in [1.54, 1.807) is 6.92 Å². The maximum atomic E-state index is 10.6. The van der Waals surface area contributed by atoms with Gasteiger partial charge in [-0.25, -0.2) is 0 Å². The molecule has 0 rings (SSSR count). The van der Waals surface area contributed by atoms with Crippen LogP contribution in [-0.2, 0) is 4.79 Å². The Bertz CT molecular complexity index is 82.5. The van der Waals surface area contributed by atoms with E-state index in [9.17, 15) is 4.79 Å². The van der Waals surface area contributed by atoms with Crippen molar-refractivity contribution in [1.29, 1.82) is 0 Å². The third kappa shape index (κ3) is 2.91. The van der Waals surface area contributed by atoms with Crippen molar-refractivity contribution < 1.29 is 4.79 Å². The van der Waals surface area contributed by atoms with Gasteiger partial charge >= 0.3 is 0 Å². The fourth-order valence-corrected chi connectivity index (χ4v) is 0.413. The fraction of sp³-hybridized carbons (Fsp3) is 0.800. The van der Waals surface area contributed by atoms with E-state index in [1.807, 2.05) is 6.92 Å². The van der Waals surface area contributed by atoms with Gasteiger partial charge in [0.25, 0.3) is 0 Å². The Morgan fingerprint density at radius 2 is 2.38 bits per heavy atom.